The second-order valence-electron chi connectivity index (χ2n) is 2.13. The molecule has 0 saturated heterocycles. The third-order valence-corrected chi connectivity index (χ3v) is 1.09. The smallest absolute Gasteiger partial charge is 0.249 e. The average molecular weight is 111 g/mol. The maximum atomic E-state index is 10.8. The Labute approximate surface area is 48.8 Å². The minimum atomic E-state index is 0.157. The third-order valence-electron chi connectivity index (χ3n) is 1.09. The van der Waals surface area contributed by atoms with Gasteiger partial charge < -0.3 is 4.90 Å². The van der Waals surface area contributed by atoms with Gasteiger partial charge in [0.05, 0.1) is 0 Å². The van der Waals surface area contributed by atoms with Crippen LogP contribution < -0.4 is 0 Å². The normalized spacial score (nSPS) is 15.0. The fourth-order valence-electron chi connectivity index (χ4n) is 0.513. The monoisotopic (exact) mass is 111 g/mol. The molecule has 44 valence electrons. The Morgan fingerprint density at radius 3 is 2.38 bits per heavy atom. The molecule has 0 N–H and O–H groups in total. The molecule has 1 amide bonds. The Balaban J connectivity index is 2.46. The molecule has 0 aromatic carbocycles. The molecular weight excluding hydrogens is 102 g/mol. The van der Waals surface area contributed by atoms with Crippen LogP contribution in [0, 0.1) is 0 Å². The Morgan fingerprint density at radius 1 is 1.75 bits per heavy atom. The van der Waals surface area contributed by atoms with Crippen LogP contribution in [0.15, 0.2) is 11.6 Å². The SMILES string of the molecule is CN(C)C(=O)C1=CC1. The van der Waals surface area contributed by atoms with Crippen LogP contribution in [0.1, 0.15) is 6.42 Å². The summed E-state index contributed by atoms with van der Waals surface area (Å²) in [6, 6.07) is 0. The molecule has 0 spiro atoms. The van der Waals surface area contributed by atoms with E-state index in [1.807, 2.05) is 6.08 Å². The van der Waals surface area contributed by atoms with Gasteiger partial charge in [-0.25, -0.2) is 0 Å². The standard InChI is InChI=1S/C6H9NO/c1-7(2)6(8)5-3-4-5/h3H,4H2,1-2H3. The molecule has 2 heteroatoms. The van der Waals surface area contributed by atoms with Crippen LogP contribution in [0.3, 0.4) is 0 Å². The summed E-state index contributed by atoms with van der Waals surface area (Å²) >= 11 is 0. The van der Waals surface area contributed by atoms with Gasteiger partial charge in [0.2, 0.25) is 5.91 Å². The molecule has 0 atom stereocenters. The lowest BCUT2D eigenvalue weighted by Gasteiger charge is -2.05. The molecule has 0 saturated carbocycles. The summed E-state index contributed by atoms with van der Waals surface area (Å²) in [6.45, 7) is 0. The zero-order valence-corrected chi connectivity index (χ0v) is 5.14. The second-order valence-corrected chi connectivity index (χ2v) is 2.13. The fourth-order valence-corrected chi connectivity index (χ4v) is 0.513. The van der Waals surface area contributed by atoms with Crippen molar-refractivity contribution in [2.75, 3.05) is 14.1 Å². The molecule has 0 unspecified atom stereocenters. The number of nitrogens with zero attached hydrogens (tertiary/aromatic N) is 1. The van der Waals surface area contributed by atoms with Crippen molar-refractivity contribution in [2.24, 2.45) is 0 Å². The highest BCUT2D eigenvalue weighted by molar-refractivity contribution is 5.97. The first-order valence-electron chi connectivity index (χ1n) is 2.62. The number of carbonyl (C=O) groups excluding carboxylic acids is 1. The van der Waals surface area contributed by atoms with E-state index in [1.54, 1.807) is 19.0 Å². The zero-order chi connectivity index (χ0) is 6.15. The van der Waals surface area contributed by atoms with Crippen molar-refractivity contribution in [3.05, 3.63) is 11.6 Å². The van der Waals surface area contributed by atoms with Gasteiger partial charge in [-0.1, -0.05) is 6.08 Å². The van der Waals surface area contributed by atoms with Crippen LogP contribution in [-0.4, -0.2) is 24.9 Å². The van der Waals surface area contributed by atoms with E-state index in [9.17, 15) is 4.79 Å². The summed E-state index contributed by atoms with van der Waals surface area (Å²) in [6.07, 6.45) is 2.83. The molecule has 8 heavy (non-hydrogen) atoms. The molecule has 0 aromatic heterocycles. The topological polar surface area (TPSA) is 20.3 Å². The molecule has 0 aliphatic heterocycles. The van der Waals surface area contributed by atoms with Crippen molar-refractivity contribution in [3.63, 3.8) is 0 Å². The van der Waals surface area contributed by atoms with Gasteiger partial charge in [0.1, 0.15) is 0 Å². The lowest BCUT2D eigenvalue weighted by molar-refractivity contribution is -0.124. The first-order chi connectivity index (χ1) is 3.72. The van der Waals surface area contributed by atoms with Gasteiger partial charge in [0.25, 0.3) is 0 Å². The Morgan fingerprint density at radius 2 is 2.25 bits per heavy atom. The van der Waals surface area contributed by atoms with Crippen LogP contribution in [0.5, 0.6) is 0 Å². The molecule has 1 rings (SSSR count). The fraction of sp³-hybridized carbons (Fsp3) is 0.500. The lowest BCUT2D eigenvalue weighted by Crippen LogP contribution is -2.20. The van der Waals surface area contributed by atoms with Gasteiger partial charge in [-0.2, -0.15) is 0 Å². The molecule has 0 bridgehead atoms. The van der Waals surface area contributed by atoms with E-state index in [0.717, 1.165) is 12.0 Å². The summed E-state index contributed by atoms with van der Waals surface area (Å²) in [7, 11) is 3.53. The van der Waals surface area contributed by atoms with E-state index in [0.29, 0.717) is 0 Å². The highest BCUT2D eigenvalue weighted by atomic mass is 16.2. The Kier molecular flexibility index (Phi) is 1.08. The molecule has 0 aromatic rings. The maximum absolute atomic E-state index is 10.8. The summed E-state index contributed by atoms with van der Waals surface area (Å²) in [5, 5.41) is 0. The summed E-state index contributed by atoms with van der Waals surface area (Å²) < 4.78 is 0. The number of rotatable bonds is 1. The number of carbonyl (C=O) groups is 1. The van der Waals surface area contributed by atoms with E-state index in [2.05, 4.69) is 0 Å². The van der Waals surface area contributed by atoms with Crippen LogP contribution >= 0.6 is 0 Å². The largest absolute Gasteiger partial charge is 0.345 e. The molecule has 1 aliphatic rings. The predicted octanol–water partition coefficient (Wildman–Crippen LogP) is 0.405. The van der Waals surface area contributed by atoms with E-state index >= 15 is 0 Å². The van der Waals surface area contributed by atoms with Gasteiger partial charge in [-0.05, 0) is 6.42 Å². The van der Waals surface area contributed by atoms with Crippen molar-refractivity contribution in [3.8, 4) is 0 Å². The quantitative estimate of drug-likeness (QED) is 0.479. The third kappa shape index (κ3) is 0.886. The van der Waals surface area contributed by atoms with Crippen LogP contribution in [0.25, 0.3) is 0 Å². The lowest BCUT2D eigenvalue weighted by atomic mass is 10.4. The number of amides is 1. The molecule has 1 aliphatic carbocycles. The number of hydrogen-bond acceptors (Lipinski definition) is 1. The van der Waals surface area contributed by atoms with Gasteiger partial charge in [-0.3, -0.25) is 4.79 Å². The van der Waals surface area contributed by atoms with E-state index in [1.165, 1.54) is 0 Å². The average Bonchev–Trinajstić information content (AvgIpc) is 2.43. The molecule has 2 nitrogen and oxygen atoms in total. The first kappa shape index (κ1) is 5.35. The minimum absolute atomic E-state index is 0.157. The Bertz CT molecular complexity index is 147. The van der Waals surface area contributed by atoms with Crippen molar-refractivity contribution in [2.45, 2.75) is 6.42 Å². The summed E-state index contributed by atoms with van der Waals surface area (Å²) in [4.78, 5) is 12.4. The first-order valence-corrected chi connectivity index (χ1v) is 2.62. The van der Waals surface area contributed by atoms with Crippen LogP contribution in [0.2, 0.25) is 0 Å². The van der Waals surface area contributed by atoms with E-state index in [4.69, 9.17) is 0 Å². The molecule has 0 fully saturated rings. The van der Waals surface area contributed by atoms with Crippen molar-refractivity contribution in [1.82, 2.24) is 4.90 Å². The minimum Gasteiger partial charge on any atom is -0.345 e. The summed E-state index contributed by atoms with van der Waals surface area (Å²) in [5.74, 6) is 0.157. The van der Waals surface area contributed by atoms with Gasteiger partial charge in [0.15, 0.2) is 0 Å². The number of allylic oxidation sites excluding steroid dienone is 1. The number of hydrogen-bond donors (Lipinski definition) is 0. The predicted molar refractivity (Wildman–Crippen MR) is 31.4 cm³/mol. The van der Waals surface area contributed by atoms with Crippen molar-refractivity contribution >= 4 is 5.91 Å². The highest BCUT2D eigenvalue weighted by Gasteiger charge is 2.17. The van der Waals surface area contributed by atoms with Gasteiger partial charge in [-0.15, -0.1) is 0 Å². The van der Waals surface area contributed by atoms with Crippen LogP contribution in [0.4, 0.5) is 0 Å². The maximum Gasteiger partial charge on any atom is 0.249 e. The van der Waals surface area contributed by atoms with E-state index in [-0.39, 0.29) is 5.91 Å². The van der Waals surface area contributed by atoms with Crippen molar-refractivity contribution in [1.29, 1.82) is 0 Å². The van der Waals surface area contributed by atoms with Crippen molar-refractivity contribution < 1.29 is 4.79 Å². The van der Waals surface area contributed by atoms with Gasteiger partial charge >= 0.3 is 0 Å². The Hall–Kier alpha value is -0.790. The highest BCUT2D eigenvalue weighted by Crippen LogP contribution is 2.19. The molecule has 0 radical (unpaired) electrons. The van der Waals surface area contributed by atoms with Crippen LogP contribution in [-0.2, 0) is 4.79 Å². The van der Waals surface area contributed by atoms with Gasteiger partial charge in [0, 0.05) is 19.7 Å². The summed E-state index contributed by atoms with van der Waals surface area (Å²) in [5.41, 5.74) is 0.954. The molecular formula is C6H9NO. The molecule has 0 heterocycles. The number of likely N-dealkylation sites (N-methyl/N-ethyl adjacent to an activating group) is 1. The second kappa shape index (κ2) is 1.62. The zero-order valence-electron chi connectivity index (χ0n) is 5.14. The van der Waals surface area contributed by atoms with E-state index < -0.39 is 0 Å².